The Morgan fingerprint density at radius 1 is 1.07 bits per heavy atom. The molecule has 0 spiro atoms. The van der Waals surface area contributed by atoms with Gasteiger partial charge in [0, 0.05) is 6.20 Å². The van der Waals surface area contributed by atoms with Gasteiger partial charge in [0.15, 0.2) is 5.65 Å². The Balaban J connectivity index is 1.67. The summed E-state index contributed by atoms with van der Waals surface area (Å²) in [6.45, 7) is 1.74. The lowest BCUT2D eigenvalue weighted by Gasteiger charge is -2.14. The fraction of sp³-hybridized carbons (Fsp3) is 0.136. The Kier molecular flexibility index (Phi) is 4.95. The second-order valence-corrected chi connectivity index (χ2v) is 6.73. The van der Waals surface area contributed by atoms with Crippen LogP contribution in [0.2, 0.25) is 0 Å². The maximum Gasteiger partial charge on any atom is 0.335 e. The number of halogens is 1. The van der Waals surface area contributed by atoms with Crippen molar-refractivity contribution in [2.45, 2.75) is 19.5 Å². The van der Waals surface area contributed by atoms with Gasteiger partial charge in [-0.1, -0.05) is 30.3 Å². The largest absolute Gasteiger partial charge is 0.348 e. The van der Waals surface area contributed by atoms with Gasteiger partial charge >= 0.3 is 5.69 Å². The number of fused-ring (bicyclic) bond motifs is 1. The number of carbonyl (C=O) groups is 1. The molecule has 2 aromatic heterocycles. The first-order valence-corrected chi connectivity index (χ1v) is 9.21. The molecule has 0 saturated heterocycles. The van der Waals surface area contributed by atoms with E-state index in [0.717, 1.165) is 5.56 Å². The number of rotatable bonds is 5. The summed E-state index contributed by atoms with van der Waals surface area (Å²) in [5.41, 5.74) is 1.99. The van der Waals surface area contributed by atoms with Gasteiger partial charge in [0.25, 0.3) is 0 Å². The van der Waals surface area contributed by atoms with Gasteiger partial charge in [-0.25, -0.2) is 18.7 Å². The van der Waals surface area contributed by atoms with Gasteiger partial charge in [-0.3, -0.25) is 9.36 Å². The molecule has 0 aliphatic carbocycles. The first-order valence-electron chi connectivity index (χ1n) is 9.21. The third kappa shape index (κ3) is 3.67. The molecule has 7 heteroatoms. The highest BCUT2D eigenvalue weighted by atomic mass is 19.1. The summed E-state index contributed by atoms with van der Waals surface area (Å²) in [7, 11) is 0. The van der Waals surface area contributed by atoms with Crippen LogP contribution in [0.4, 0.5) is 4.39 Å². The fourth-order valence-electron chi connectivity index (χ4n) is 3.32. The quantitative estimate of drug-likeness (QED) is 0.569. The highest BCUT2D eigenvalue weighted by molar-refractivity contribution is 5.80. The van der Waals surface area contributed by atoms with Crippen LogP contribution in [0, 0.1) is 5.82 Å². The van der Waals surface area contributed by atoms with E-state index in [1.807, 2.05) is 37.3 Å². The van der Waals surface area contributed by atoms with Crippen LogP contribution in [0.5, 0.6) is 0 Å². The molecular formula is C22H19FN4O2. The highest BCUT2D eigenvalue weighted by Crippen LogP contribution is 2.16. The third-order valence-electron chi connectivity index (χ3n) is 4.75. The summed E-state index contributed by atoms with van der Waals surface area (Å²) >= 11 is 0. The molecule has 1 amide bonds. The third-order valence-corrected chi connectivity index (χ3v) is 4.75. The molecular weight excluding hydrogens is 371 g/mol. The lowest BCUT2D eigenvalue weighted by molar-refractivity contribution is -0.122. The van der Waals surface area contributed by atoms with Crippen LogP contribution in [0.1, 0.15) is 18.5 Å². The molecule has 1 N–H and O–H groups in total. The van der Waals surface area contributed by atoms with E-state index in [2.05, 4.69) is 10.3 Å². The summed E-state index contributed by atoms with van der Waals surface area (Å²) in [6, 6.07) is 18.4. The molecule has 0 aliphatic heterocycles. The smallest absolute Gasteiger partial charge is 0.335 e. The molecule has 2 aromatic carbocycles. The Morgan fingerprint density at radius 3 is 2.52 bits per heavy atom. The topological polar surface area (TPSA) is 68.9 Å². The number of nitrogens with one attached hydrogen (secondary N) is 1. The zero-order chi connectivity index (χ0) is 20.4. The summed E-state index contributed by atoms with van der Waals surface area (Å²) in [5, 5.41) is 2.92. The van der Waals surface area contributed by atoms with E-state index < -0.39 is 11.5 Å². The minimum absolute atomic E-state index is 0.146. The van der Waals surface area contributed by atoms with Gasteiger partial charge < -0.3 is 5.32 Å². The summed E-state index contributed by atoms with van der Waals surface area (Å²) in [4.78, 5) is 30.0. The van der Waals surface area contributed by atoms with Gasteiger partial charge in [-0.2, -0.15) is 0 Å². The van der Waals surface area contributed by atoms with Crippen molar-refractivity contribution in [1.29, 1.82) is 0 Å². The van der Waals surface area contributed by atoms with Crippen molar-refractivity contribution >= 4 is 17.1 Å². The van der Waals surface area contributed by atoms with Gasteiger partial charge in [0.2, 0.25) is 5.91 Å². The molecule has 0 bridgehead atoms. The van der Waals surface area contributed by atoms with E-state index in [1.165, 1.54) is 33.4 Å². The monoisotopic (exact) mass is 390 g/mol. The maximum absolute atomic E-state index is 13.3. The molecule has 1 atom stereocenters. The molecule has 0 saturated carbocycles. The van der Waals surface area contributed by atoms with E-state index >= 15 is 0 Å². The first kappa shape index (κ1) is 18.6. The minimum atomic E-state index is -0.409. The number of aromatic nitrogens is 3. The average Bonchev–Trinajstić information content (AvgIpc) is 3.01. The standard InChI is InChI=1S/C22H19FN4O2/c1-15(16-6-3-2-4-7-16)25-20(28)14-26-19-8-5-13-24-21(19)27(22(26)29)18-11-9-17(23)10-12-18/h2-13,15H,14H2,1H3,(H,25,28)/t15-/m0/s1. The first-order chi connectivity index (χ1) is 14.0. The van der Waals surface area contributed by atoms with E-state index in [4.69, 9.17) is 0 Å². The van der Waals surface area contributed by atoms with E-state index in [9.17, 15) is 14.0 Å². The number of hydrogen-bond acceptors (Lipinski definition) is 3. The molecule has 6 nitrogen and oxygen atoms in total. The van der Waals surface area contributed by atoms with Crippen molar-refractivity contribution in [1.82, 2.24) is 19.4 Å². The minimum Gasteiger partial charge on any atom is -0.348 e. The maximum atomic E-state index is 13.3. The molecule has 29 heavy (non-hydrogen) atoms. The predicted octanol–water partition coefficient (Wildman–Crippen LogP) is 3.20. The molecule has 0 radical (unpaired) electrons. The number of imidazole rings is 1. The Bertz CT molecular complexity index is 1210. The van der Waals surface area contributed by atoms with Crippen molar-refractivity contribution in [3.63, 3.8) is 0 Å². The second-order valence-electron chi connectivity index (χ2n) is 6.73. The molecule has 0 unspecified atom stereocenters. The molecule has 146 valence electrons. The van der Waals surface area contributed by atoms with Crippen LogP contribution in [0.15, 0.2) is 77.7 Å². The van der Waals surface area contributed by atoms with E-state index in [1.54, 1.807) is 18.3 Å². The van der Waals surface area contributed by atoms with Crippen molar-refractivity contribution in [2.75, 3.05) is 0 Å². The molecule has 4 rings (SSSR count). The van der Waals surface area contributed by atoms with Crippen LogP contribution in [0.25, 0.3) is 16.9 Å². The Hall–Kier alpha value is -3.74. The van der Waals surface area contributed by atoms with E-state index in [-0.39, 0.29) is 18.5 Å². The molecule has 0 fully saturated rings. The second kappa shape index (κ2) is 7.71. The number of amides is 1. The summed E-state index contributed by atoms with van der Waals surface area (Å²) in [6.07, 6.45) is 1.57. The zero-order valence-electron chi connectivity index (χ0n) is 15.7. The number of benzene rings is 2. The fourth-order valence-corrected chi connectivity index (χ4v) is 3.32. The molecule has 2 heterocycles. The highest BCUT2D eigenvalue weighted by Gasteiger charge is 2.18. The van der Waals surface area contributed by atoms with Gasteiger partial charge in [-0.15, -0.1) is 0 Å². The van der Waals surface area contributed by atoms with Crippen molar-refractivity contribution in [3.8, 4) is 5.69 Å². The van der Waals surface area contributed by atoms with Gasteiger partial charge in [0.1, 0.15) is 12.4 Å². The average molecular weight is 390 g/mol. The van der Waals surface area contributed by atoms with Crippen LogP contribution in [-0.2, 0) is 11.3 Å². The Labute approximate surface area is 166 Å². The predicted molar refractivity (Wildman–Crippen MR) is 108 cm³/mol. The van der Waals surface area contributed by atoms with Crippen molar-refractivity contribution < 1.29 is 9.18 Å². The normalized spacial score (nSPS) is 12.1. The zero-order valence-corrected chi connectivity index (χ0v) is 15.7. The number of nitrogens with zero attached hydrogens (tertiary/aromatic N) is 3. The van der Waals surface area contributed by atoms with Crippen LogP contribution in [-0.4, -0.2) is 20.0 Å². The van der Waals surface area contributed by atoms with Crippen LogP contribution < -0.4 is 11.0 Å². The van der Waals surface area contributed by atoms with Gasteiger partial charge in [-0.05, 0) is 48.9 Å². The Morgan fingerprint density at radius 2 is 1.79 bits per heavy atom. The summed E-state index contributed by atoms with van der Waals surface area (Å²) in [5.74, 6) is -0.682. The number of pyridine rings is 1. The summed E-state index contributed by atoms with van der Waals surface area (Å²) < 4.78 is 16.0. The van der Waals surface area contributed by atoms with Crippen molar-refractivity contribution in [2.24, 2.45) is 0 Å². The number of hydrogen-bond donors (Lipinski definition) is 1. The van der Waals surface area contributed by atoms with Gasteiger partial charge in [0.05, 0.1) is 17.2 Å². The lowest BCUT2D eigenvalue weighted by atomic mass is 10.1. The van der Waals surface area contributed by atoms with Crippen molar-refractivity contribution in [3.05, 3.63) is 94.8 Å². The van der Waals surface area contributed by atoms with Crippen LogP contribution >= 0.6 is 0 Å². The lowest BCUT2D eigenvalue weighted by Crippen LogP contribution is -2.34. The van der Waals surface area contributed by atoms with Crippen LogP contribution in [0.3, 0.4) is 0 Å². The number of carbonyl (C=O) groups excluding carboxylic acids is 1. The molecule has 4 aromatic rings. The van der Waals surface area contributed by atoms with E-state index in [0.29, 0.717) is 16.9 Å². The molecule has 0 aliphatic rings. The SMILES string of the molecule is C[C@H](NC(=O)Cn1c(=O)n(-c2ccc(F)cc2)c2ncccc21)c1ccccc1.